The van der Waals surface area contributed by atoms with Gasteiger partial charge in [0.1, 0.15) is 5.82 Å². The lowest BCUT2D eigenvalue weighted by atomic mass is 9.94. The number of hydrogen-bond donors (Lipinski definition) is 2. The molecule has 1 unspecified atom stereocenters. The number of anilines is 1. The summed E-state index contributed by atoms with van der Waals surface area (Å²) in [6, 6.07) is 5.32. The van der Waals surface area contributed by atoms with Gasteiger partial charge in [-0.15, -0.1) is 0 Å². The Morgan fingerprint density at radius 2 is 2.20 bits per heavy atom. The normalized spacial score (nSPS) is 18.2. The first-order valence-corrected chi connectivity index (χ1v) is 9.78. The summed E-state index contributed by atoms with van der Waals surface area (Å²) >= 11 is 0. The fourth-order valence-corrected chi connectivity index (χ4v) is 3.64. The van der Waals surface area contributed by atoms with Gasteiger partial charge < -0.3 is 4.90 Å². The van der Waals surface area contributed by atoms with Crippen LogP contribution in [0.2, 0.25) is 0 Å². The largest absolute Gasteiger partial charge is 0.338 e. The molecular formula is C16H19FN4O3S. The van der Waals surface area contributed by atoms with Gasteiger partial charge in [0.05, 0.1) is 17.5 Å². The van der Waals surface area contributed by atoms with E-state index in [4.69, 9.17) is 0 Å². The highest BCUT2D eigenvalue weighted by atomic mass is 32.2. The predicted molar refractivity (Wildman–Crippen MR) is 91.3 cm³/mol. The van der Waals surface area contributed by atoms with Gasteiger partial charge in [0.25, 0.3) is 5.91 Å². The third-order valence-corrected chi connectivity index (χ3v) is 4.77. The molecule has 1 aromatic heterocycles. The van der Waals surface area contributed by atoms with Crippen LogP contribution in [0.1, 0.15) is 34.8 Å². The van der Waals surface area contributed by atoms with Gasteiger partial charge in [0.2, 0.25) is 10.0 Å². The SMILES string of the molecule is CS(=O)(=O)Nc1ccc(F)cc1C(=O)N1CCCC(c2ccn[nH]2)C1. The molecule has 0 aliphatic carbocycles. The summed E-state index contributed by atoms with van der Waals surface area (Å²) in [6.07, 6.45) is 4.37. The molecule has 1 aromatic carbocycles. The van der Waals surface area contributed by atoms with E-state index in [0.717, 1.165) is 36.9 Å². The number of amides is 1. The third-order valence-electron chi connectivity index (χ3n) is 4.18. The fourth-order valence-electron chi connectivity index (χ4n) is 3.06. The summed E-state index contributed by atoms with van der Waals surface area (Å²) < 4.78 is 38.9. The van der Waals surface area contributed by atoms with E-state index in [2.05, 4.69) is 14.9 Å². The maximum absolute atomic E-state index is 13.6. The number of piperidine rings is 1. The minimum atomic E-state index is -3.58. The minimum absolute atomic E-state index is 0.00989. The molecule has 3 rings (SSSR count). The van der Waals surface area contributed by atoms with Crippen LogP contribution in [-0.4, -0.2) is 48.8 Å². The van der Waals surface area contributed by atoms with Crippen LogP contribution in [-0.2, 0) is 10.0 Å². The highest BCUT2D eigenvalue weighted by molar-refractivity contribution is 7.92. The summed E-state index contributed by atoms with van der Waals surface area (Å²) in [5.74, 6) is -0.862. The summed E-state index contributed by atoms with van der Waals surface area (Å²) in [5.41, 5.74) is 1.04. The molecule has 9 heteroatoms. The van der Waals surface area contributed by atoms with Crippen LogP contribution < -0.4 is 4.72 Å². The lowest BCUT2D eigenvalue weighted by Crippen LogP contribution is -2.39. The first-order valence-electron chi connectivity index (χ1n) is 7.89. The van der Waals surface area contributed by atoms with Gasteiger partial charge in [-0.05, 0) is 37.1 Å². The van der Waals surface area contributed by atoms with E-state index in [0.29, 0.717) is 13.1 Å². The Morgan fingerprint density at radius 1 is 1.40 bits per heavy atom. The molecule has 25 heavy (non-hydrogen) atoms. The maximum atomic E-state index is 13.6. The number of carbonyl (C=O) groups excluding carboxylic acids is 1. The number of aromatic amines is 1. The highest BCUT2D eigenvalue weighted by Crippen LogP contribution is 2.28. The van der Waals surface area contributed by atoms with Crippen molar-refractivity contribution in [1.29, 1.82) is 0 Å². The Labute approximate surface area is 145 Å². The second kappa shape index (κ2) is 6.83. The van der Waals surface area contributed by atoms with Crippen molar-refractivity contribution in [2.75, 3.05) is 24.1 Å². The van der Waals surface area contributed by atoms with E-state index < -0.39 is 21.7 Å². The molecule has 0 bridgehead atoms. The van der Waals surface area contributed by atoms with Gasteiger partial charge >= 0.3 is 0 Å². The lowest BCUT2D eigenvalue weighted by molar-refractivity contribution is 0.0706. The van der Waals surface area contributed by atoms with Crippen molar-refractivity contribution < 1.29 is 17.6 Å². The van der Waals surface area contributed by atoms with Crippen LogP contribution >= 0.6 is 0 Å². The molecule has 0 radical (unpaired) electrons. The van der Waals surface area contributed by atoms with Crippen LogP contribution in [0, 0.1) is 5.82 Å². The Hall–Kier alpha value is -2.42. The zero-order valence-corrected chi connectivity index (χ0v) is 14.5. The Balaban J connectivity index is 1.86. The monoisotopic (exact) mass is 366 g/mol. The average Bonchev–Trinajstić information content (AvgIpc) is 3.09. The molecule has 7 nitrogen and oxygen atoms in total. The van der Waals surface area contributed by atoms with Gasteiger partial charge in [0, 0.05) is 30.9 Å². The van der Waals surface area contributed by atoms with Gasteiger partial charge in [-0.3, -0.25) is 14.6 Å². The highest BCUT2D eigenvalue weighted by Gasteiger charge is 2.28. The molecule has 0 saturated carbocycles. The van der Waals surface area contributed by atoms with Crippen LogP contribution in [0.15, 0.2) is 30.5 Å². The number of sulfonamides is 1. The molecule has 1 aliphatic rings. The molecule has 0 spiro atoms. The molecule has 1 aliphatic heterocycles. The van der Waals surface area contributed by atoms with Crippen molar-refractivity contribution >= 4 is 21.6 Å². The number of aromatic nitrogens is 2. The molecule has 134 valence electrons. The molecule has 1 fully saturated rings. The van der Waals surface area contributed by atoms with Crippen molar-refractivity contribution in [3.63, 3.8) is 0 Å². The Bertz CT molecular complexity index is 868. The number of nitrogens with zero attached hydrogens (tertiary/aromatic N) is 2. The van der Waals surface area contributed by atoms with Crippen LogP contribution in [0.4, 0.5) is 10.1 Å². The number of H-pyrrole nitrogens is 1. The van der Waals surface area contributed by atoms with Gasteiger partial charge in [0.15, 0.2) is 0 Å². The second-order valence-electron chi connectivity index (χ2n) is 6.17. The molecule has 2 aromatic rings. The summed E-state index contributed by atoms with van der Waals surface area (Å²) in [4.78, 5) is 14.5. The number of hydrogen-bond acceptors (Lipinski definition) is 4. The van der Waals surface area contributed by atoms with Gasteiger partial charge in [-0.1, -0.05) is 0 Å². The summed E-state index contributed by atoms with van der Waals surface area (Å²) in [5, 5.41) is 6.85. The van der Waals surface area contributed by atoms with E-state index in [9.17, 15) is 17.6 Å². The third kappa shape index (κ3) is 4.16. The maximum Gasteiger partial charge on any atom is 0.256 e. The summed E-state index contributed by atoms with van der Waals surface area (Å²) in [6.45, 7) is 1.01. The first kappa shape index (κ1) is 17.4. The van der Waals surface area contributed by atoms with E-state index >= 15 is 0 Å². The molecule has 1 saturated heterocycles. The van der Waals surface area contributed by atoms with E-state index in [1.54, 1.807) is 11.1 Å². The Morgan fingerprint density at radius 3 is 2.88 bits per heavy atom. The number of halogens is 1. The molecular weight excluding hydrogens is 347 g/mol. The van der Waals surface area contributed by atoms with Crippen molar-refractivity contribution in [2.24, 2.45) is 0 Å². The molecule has 2 N–H and O–H groups in total. The van der Waals surface area contributed by atoms with Crippen LogP contribution in [0.5, 0.6) is 0 Å². The van der Waals surface area contributed by atoms with Crippen molar-refractivity contribution in [1.82, 2.24) is 15.1 Å². The van der Waals surface area contributed by atoms with Crippen molar-refractivity contribution in [3.05, 3.63) is 47.5 Å². The van der Waals surface area contributed by atoms with E-state index in [1.807, 2.05) is 6.07 Å². The predicted octanol–water partition coefficient (Wildman–Crippen LogP) is 1.94. The second-order valence-corrected chi connectivity index (χ2v) is 7.91. The van der Waals surface area contributed by atoms with Gasteiger partial charge in [-0.2, -0.15) is 5.10 Å². The zero-order valence-electron chi connectivity index (χ0n) is 13.7. The number of rotatable bonds is 4. The Kier molecular flexibility index (Phi) is 4.76. The fraction of sp³-hybridized carbons (Fsp3) is 0.375. The van der Waals surface area contributed by atoms with Gasteiger partial charge in [-0.25, -0.2) is 12.8 Å². The minimum Gasteiger partial charge on any atom is -0.338 e. The molecule has 1 amide bonds. The quantitative estimate of drug-likeness (QED) is 0.864. The van der Waals surface area contributed by atoms with E-state index in [1.165, 1.54) is 6.07 Å². The lowest BCUT2D eigenvalue weighted by Gasteiger charge is -2.32. The first-order chi connectivity index (χ1) is 11.8. The zero-order chi connectivity index (χ0) is 18.0. The smallest absolute Gasteiger partial charge is 0.256 e. The standard InChI is InChI=1S/C16H19FN4O3S/c1-25(23,24)20-15-5-4-12(17)9-13(15)16(22)21-8-2-3-11(10-21)14-6-7-18-19-14/h4-7,9,11,20H,2-3,8,10H2,1H3,(H,18,19). The number of likely N-dealkylation sites (tertiary alicyclic amines) is 1. The van der Waals surface area contributed by atoms with E-state index in [-0.39, 0.29) is 17.2 Å². The number of benzene rings is 1. The topological polar surface area (TPSA) is 95.2 Å². The molecule has 2 heterocycles. The number of nitrogens with one attached hydrogen (secondary N) is 2. The van der Waals surface area contributed by atoms with Crippen molar-refractivity contribution in [3.8, 4) is 0 Å². The molecule has 1 atom stereocenters. The van der Waals surface area contributed by atoms with Crippen LogP contribution in [0.25, 0.3) is 0 Å². The van der Waals surface area contributed by atoms with Crippen molar-refractivity contribution in [2.45, 2.75) is 18.8 Å². The average molecular weight is 366 g/mol. The summed E-state index contributed by atoms with van der Waals surface area (Å²) in [7, 11) is -3.58. The van der Waals surface area contributed by atoms with Crippen LogP contribution in [0.3, 0.4) is 0 Å². The number of carbonyl (C=O) groups is 1.